The molecule has 32 heavy (non-hydrogen) atoms. The molecule has 1 saturated carbocycles. The molecule has 1 aromatic heterocycles. The number of hydrogen-bond acceptors (Lipinski definition) is 6. The molecule has 4 rings (SSSR count). The van der Waals surface area contributed by atoms with Crippen molar-refractivity contribution in [3.05, 3.63) is 40.8 Å². The lowest BCUT2D eigenvalue weighted by atomic mass is 10.1. The molecule has 0 spiro atoms. The molecule has 0 saturated heterocycles. The van der Waals surface area contributed by atoms with Gasteiger partial charge in [0, 0.05) is 24.7 Å². The number of aryl methyl sites for hydroxylation is 1. The average Bonchev–Trinajstić information content (AvgIpc) is 3.17. The van der Waals surface area contributed by atoms with Crippen molar-refractivity contribution in [1.29, 1.82) is 0 Å². The van der Waals surface area contributed by atoms with Crippen molar-refractivity contribution >= 4 is 29.3 Å². The quantitative estimate of drug-likeness (QED) is 0.622. The van der Waals surface area contributed by atoms with Crippen LogP contribution in [0.1, 0.15) is 42.2 Å². The Labute approximate surface area is 182 Å². The standard InChI is InChI=1S/C21H23F3N6O2/c1-9-17-18(30(3)10(2)19(31)28-17)29-21(25-9)27-13-5-4-12(8-13)26-20(32)11-6-14(22)16(24)15(23)7-11/h6-7,10,12-13H,4-5,8H2,1-3H3,(H,26,32)(H,28,31)(H,25,27,29)/t10-,12-,13+/m0/s1. The van der Waals surface area contributed by atoms with Crippen LogP contribution in [0.15, 0.2) is 12.1 Å². The molecule has 1 fully saturated rings. The number of amides is 2. The van der Waals surface area contributed by atoms with Crippen LogP contribution in [0.2, 0.25) is 0 Å². The highest BCUT2D eigenvalue weighted by Crippen LogP contribution is 2.33. The van der Waals surface area contributed by atoms with Gasteiger partial charge in [0.15, 0.2) is 23.3 Å². The second-order valence-corrected chi connectivity index (χ2v) is 8.19. The molecular weight excluding hydrogens is 425 g/mol. The molecule has 1 aromatic carbocycles. The summed E-state index contributed by atoms with van der Waals surface area (Å²) < 4.78 is 39.9. The zero-order chi connectivity index (χ0) is 23.2. The van der Waals surface area contributed by atoms with E-state index >= 15 is 0 Å². The van der Waals surface area contributed by atoms with Gasteiger partial charge in [0.05, 0.1) is 5.69 Å². The van der Waals surface area contributed by atoms with Crippen LogP contribution in [0, 0.1) is 24.4 Å². The zero-order valence-electron chi connectivity index (χ0n) is 17.8. The minimum Gasteiger partial charge on any atom is -0.351 e. The number of nitrogens with one attached hydrogen (secondary N) is 3. The molecule has 2 aliphatic rings. The van der Waals surface area contributed by atoms with Crippen LogP contribution < -0.4 is 20.9 Å². The minimum absolute atomic E-state index is 0.0275. The lowest BCUT2D eigenvalue weighted by Gasteiger charge is -2.32. The number of benzene rings is 1. The van der Waals surface area contributed by atoms with Crippen molar-refractivity contribution in [3.8, 4) is 0 Å². The predicted octanol–water partition coefficient (Wildman–Crippen LogP) is 2.74. The Balaban J connectivity index is 1.41. The van der Waals surface area contributed by atoms with E-state index < -0.39 is 23.4 Å². The summed E-state index contributed by atoms with van der Waals surface area (Å²) in [6.45, 7) is 3.57. The molecule has 1 aliphatic carbocycles. The van der Waals surface area contributed by atoms with Crippen LogP contribution in [0.4, 0.5) is 30.6 Å². The number of fused-ring (bicyclic) bond motifs is 1. The van der Waals surface area contributed by atoms with Gasteiger partial charge in [0.1, 0.15) is 11.7 Å². The number of likely N-dealkylation sites (N-methyl/N-ethyl adjacent to an activating group) is 1. The highest BCUT2D eigenvalue weighted by Gasteiger charge is 2.31. The van der Waals surface area contributed by atoms with Crippen molar-refractivity contribution in [2.24, 2.45) is 0 Å². The lowest BCUT2D eigenvalue weighted by Crippen LogP contribution is -2.45. The minimum atomic E-state index is -1.60. The van der Waals surface area contributed by atoms with E-state index in [4.69, 9.17) is 0 Å². The third kappa shape index (κ3) is 4.06. The van der Waals surface area contributed by atoms with E-state index in [0.717, 1.165) is 6.42 Å². The van der Waals surface area contributed by atoms with Crippen molar-refractivity contribution in [2.45, 2.75) is 51.2 Å². The van der Waals surface area contributed by atoms with Gasteiger partial charge in [-0.3, -0.25) is 9.59 Å². The normalized spacial score (nSPS) is 22.4. The van der Waals surface area contributed by atoms with Gasteiger partial charge in [-0.05, 0) is 45.2 Å². The summed E-state index contributed by atoms with van der Waals surface area (Å²) >= 11 is 0. The maximum atomic E-state index is 13.4. The van der Waals surface area contributed by atoms with Gasteiger partial charge in [-0.15, -0.1) is 0 Å². The van der Waals surface area contributed by atoms with E-state index in [1.54, 1.807) is 25.8 Å². The van der Waals surface area contributed by atoms with Crippen LogP contribution in [0.5, 0.6) is 0 Å². The Bertz CT molecular complexity index is 1070. The average molecular weight is 448 g/mol. The third-order valence-corrected chi connectivity index (χ3v) is 5.96. The second kappa shape index (κ2) is 8.29. The number of carbonyl (C=O) groups is 2. The molecule has 0 radical (unpaired) electrons. The predicted molar refractivity (Wildman–Crippen MR) is 112 cm³/mol. The van der Waals surface area contributed by atoms with Gasteiger partial charge in [-0.1, -0.05) is 0 Å². The molecule has 8 nitrogen and oxygen atoms in total. The summed E-state index contributed by atoms with van der Waals surface area (Å²) in [4.78, 5) is 35.1. The lowest BCUT2D eigenvalue weighted by molar-refractivity contribution is -0.117. The summed E-state index contributed by atoms with van der Waals surface area (Å²) in [6.07, 6.45) is 1.92. The Kier molecular flexibility index (Phi) is 5.66. The van der Waals surface area contributed by atoms with Crippen molar-refractivity contribution < 1.29 is 22.8 Å². The van der Waals surface area contributed by atoms with E-state index in [1.165, 1.54) is 0 Å². The van der Waals surface area contributed by atoms with Crippen LogP contribution in [-0.2, 0) is 4.79 Å². The first-order valence-electron chi connectivity index (χ1n) is 10.3. The summed E-state index contributed by atoms with van der Waals surface area (Å²) in [5.74, 6) is -4.17. The van der Waals surface area contributed by atoms with Crippen molar-refractivity contribution in [1.82, 2.24) is 15.3 Å². The first-order chi connectivity index (χ1) is 15.1. The fraction of sp³-hybridized carbons (Fsp3) is 0.429. The zero-order valence-corrected chi connectivity index (χ0v) is 17.8. The van der Waals surface area contributed by atoms with Gasteiger partial charge < -0.3 is 20.9 Å². The maximum absolute atomic E-state index is 13.4. The highest BCUT2D eigenvalue weighted by atomic mass is 19.2. The summed E-state index contributed by atoms with van der Waals surface area (Å²) in [7, 11) is 1.79. The van der Waals surface area contributed by atoms with E-state index in [2.05, 4.69) is 25.9 Å². The number of carbonyl (C=O) groups excluding carboxylic acids is 2. The summed E-state index contributed by atoms with van der Waals surface area (Å²) in [5.41, 5.74) is 0.940. The van der Waals surface area contributed by atoms with E-state index in [1.807, 2.05) is 0 Å². The summed E-state index contributed by atoms with van der Waals surface area (Å²) in [5, 5.41) is 8.82. The molecule has 3 N–H and O–H groups in total. The van der Waals surface area contributed by atoms with Gasteiger partial charge in [0.25, 0.3) is 5.91 Å². The van der Waals surface area contributed by atoms with Gasteiger partial charge in [0.2, 0.25) is 11.9 Å². The summed E-state index contributed by atoms with van der Waals surface area (Å²) in [6, 6.07) is 0.741. The smallest absolute Gasteiger partial charge is 0.251 e. The number of anilines is 3. The molecule has 2 heterocycles. The Morgan fingerprint density at radius 1 is 1.16 bits per heavy atom. The van der Waals surface area contributed by atoms with E-state index in [9.17, 15) is 22.8 Å². The largest absolute Gasteiger partial charge is 0.351 e. The maximum Gasteiger partial charge on any atom is 0.251 e. The Hall–Kier alpha value is -3.37. The number of rotatable bonds is 4. The third-order valence-electron chi connectivity index (χ3n) is 5.96. The Morgan fingerprint density at radius 3 is 2.50 bits per heavy atom. The molecule has 11 heteroatoms. The monoisotopic (exact) mass is 448 g/mol. The van der Waals surface area contributed by atoms with Gasteiger partial charge in [-0.2, -0.15) is 4.98 Å². The van der Waals surface area contributed by atoms with Crippen LogP contribution in [0.3, 0.4) is 0 Å². The molecule has 3 atom stereocenters. The Morgan fingerprint density at radius 2 is 1.81 bits per heavy atom. The number of aromatic nitrogens is 2. The topological polar surface area (TPSA) is 99.2 Å². The van der Waals surface area contributed by atoms with E-state index in [0.29, 0.717) is 48.1 Å². The first-order valence-corrected chi connectivity index (χ1v) is 10.3. The molecule has 0 bridgehead atoms. The molecular formula is C21H23F3N6O2. The van der Waals surface area contributed by atoms with Crippen LogP contribution >= 0.6 is 0 Å². The van der Waals surface area contributed by atoms with Crippen LogP contribution in [-0.4, -0.2) is 47.0 Å². The molecule has 2 aromatic rings. The first kappa shape index (κ1) is 21.8. The number of halogens is 3. The van der Waals surface area contributed by atoms with Gasteiger partial charge >= 0.3 is 0 Å². The number of hydrogen-bond donors (Lipinski definition) is 3. The second-order valence-electron chi connectivity index (χ2n) is 8.19. The van der Waals surface area contributed by atoms with Crippen molar-refractivity contribution in [3.63, 3.8) is 0 Å². The number of nitrogens with zero attached hydrogens (tertiary/aromatic N) is 3. The fourth-order valence-electron chi connectivity index (χ4n) is 3.99. The molecule has 1 aliphatic heterocycles. The van der Waals surface area contributed by atoms with E-state index in [-0.39, 0.29) is 29.6 Å². The molecule has 0 unspecified atom stereocenters. The SMILES string of the molecule is Cc1nc(N[C@@H]2CC[C@H](NC(=O)c3cc(F)c(F)c(F)c3)C2)nc2c1NC(=O)[C@H](C)N2C. The highest BCUT2D eigenvalue weighted by molar-refractivity contribution is 6.03. The molecule has 2 amide bonds. The van der Waals surface area contributed by atoms with Crippen LogP contribution in [0.25, 0.3) is 0 Å². The molecule has 170 valence electrons. The van der Waals surface area contributed by atoms with Crippen molar-refractivity contribution in [2.75, 3.05) is 22.6 Å². The fourth-order valence-corrected chi connectivity index (χ4v) is 3.99. The van der Waals surface area contributed by atoms with Gasteiger partial charge in [-0.25, -0.2) is 18.2 Å².